The van der Waals surface area contributed by atoms with Gasteiger partial charge in [0.05, 0.1) is 5.54 Å². The summed E-state index contributed by atoms with van der Waals surface area (Å²) in [6, 6.07) is 17.8. The molecule has 0 fully saturated rings. The number of fused-ring (bicyclic) bond motifs is 1. The van der Waals surface area contributed by atoms with E-state index in [0.29, 0.717) is 5.90 Å². The molecular weight excluding hydrogens is 308 g/mol. The molecule has 0 amide bonds. The third kappa shape index (κ3) is 2.78. The first-order valence-corrected chi connectivity index (χ1v) is 8.96. The van der Waals surface area contributed by atoms with E-state index in [-0.39, 0.29) is 16.9 Å². The lowest BCUT2D eigenvalue weighted by Crippen LogP contribution is -2.50. The number of rotatable bonds is 3. The normalized spacial score (nSPS) is 25.0. The van der Waals surface area contributed by atoms with Gasteiger partial charge in [-0.05, 0) is 43.5 Å². The van der Waals surface area contributed by atoms with E-state index in [9.17, 15) is 0 Å². The molecule has 0 spiro atoms. The molecule has 0 aliphatic carbocycles. The summed E-state index contributed by atoms with van der Waals surface area (Å²) in [7, 11) is 0. The van der Waals surface area contributed by atoms with Crippen molar-refractivity contribution in [3.8, 4) is 0 Å². The summed E-state index contributed by atoms with van der Waals surface area (Å²) in [5.74, 6) is 0.687. The molecule has 1 N–H and O–H groups in total. The second kappa shape index (κ2) is 6.47. The Morgan fingerprint density at radius 2 is 1.60 bits per heavy atom. The number of nitrogens with zero attached hydrogens (tertiary/aromatic N) is 1. The van der Waals surface area contributed by atoms with Crippen LogP contribution in [-0.2, 0) is 10.2 Å². The predicted molar refractivity (Wildman–Crippen MR) is 104 cm³/mol. The third-order valence-electron chi connectivity index (χ3n) is 5.92. The fourth-order valence-corrected chi connectivity index (χ4v) is 3.71. The number of nitrogens with one attached hydrogen (secondary N) is 1. The maximum atomic E-state index is 8.33. The summed E-state index contributed by atoms with van der Waals surface area (Å²) < 4.78 is 5.97. The zero-order valence-electron chi connectivity index (χ0n) is 15.5. The van der Waals surface area contributed by atoms with Crippen molar-refractivity contribution in [2.24, 2.45) is 4.99 Å². The lowest BCUT2D eigenvalue weighted by atomic mass is 9.62. The Balaban J connectivity index is 2.07. The van der Waals surface area contributed by atoms with E-state index in [1.54, 1.807) is 0 Å². The second-order valence-corrected chi connectivity index (χ2v) is 7.07. The van der Waals surface area contributed by atoms with Crippen molar-refractivity contribution in [2.45, 2.75) is 51.5 Å². The Labute approximate surface area is 150 Å². The van der Waals surface area contributed by atoms with E-state index in [0.717, 1.165) is 24.0 Å². The summed E-state index contributed by atoms with van der Waals surface area (Å²) >= 11 is 0. The van der Waals surface area contributed by atoms with Crippen LogP contribution in [0, 0.1) is 5.41 Å². The van der Waals surface area contributed by atoms with Crippen molar-refractivity contribution < 1.29 is 4.74 Å². The van der Waals surface area contributed by atoms with E-state index in [1.165, 1.54) is 5.56 Å². The molecule has 3 rings (SSSR count). The Morgan fingerprint density at radius 1 is 0.960 bits per heavy atom. The predicted octanol–water partition coefficient (Wildman–Crippen LogP) is 5.33. The Morgan fingerprint density at radius 3 is 2.24 bits per heavy atom. The van der Waals surface area contributed by atoms with Crippen molar-refractivity contribution in [1.82, 2.24) is 0 Å². The molecule has 0 saturated heterocycles. The zero-order chi connectivity index (χ0) is 18.1. The van der Waals surface area contributed by atoms with Gasteiger partial charge in [-0.25, -0.2) is 4.99 Å². The van der Waals surface area contributed by atoms with Crippen LogP contribution in [0.1, 0.15) is 57.2 Å². The van der Waals surface area contributed by atoms with Crippen LogP contribution in [0.4, 0.5) is 0 Å². The lowest BCUT2D eigenvalue weighted by Gasteiger charge is -2.47. The van der Waals surface area contributed by atoms with Crippen LogP contribution in [-0.4, -0.2) is 17.3 Å². The van der Waals surface area contributed by atoms with Gasteiger partial charge in [0.15, 0.2) is 0 Å². The van der Waals surface area contributed by atoms with Gasteiger partial charge in [-0.1, -0.05) is 57.2 Å². The number of ether oxygens (including phenoxy) is 1. The summed E-state index contributed by atoms with van der Waals surface area (Å²) in [5.41, 5.74) is 2.69. The molecule has 0 saturated carbocycles. The average Bonchev–Trinajstić information content (AvgIpc) is 2.66. The Bertz CT molecular complexity index is 812. The molecule has 130 valence electrons. The fourth-order valence-electron chi connectivity index (χ4n) is 3.71. The Kier molecular flexibility index (Phi) is 4.51. The van der Waals surface area contributed by atoms with E-state index < -0.39 is 0 Å². The highest BCUT2D eigenvalue weighted by Crippen LogP contribution is 2.47. The van der Waals surface area contributed by atoms with Gasteiger partial charge in [-0.2, -0.15) is 0 Å². The van der Waals surface area contributed by atoms with Gasteiger partial charge in [-0.15, -0.1) is 0 Å². The summed E-state index contributed by atoms with van der Waals surface area (Å²) in [6.07, 6.45) is 1.92. The van der Waals surface area contributed by atoms with Crippen molar-refractivity contribution in [1.29, 1.82) is 5.41 Å². The van der Waals surface area contributed by atoms with Crippen LogP contribution >= 0.6 is 0 Å². The van der Waals surface area contributed by atoms with Crippen molar-refractivity contribution in [3.05, 3.63) is 71.3 Å². The van der Waals surface area contributed by atoms with E-state index in [4.69, 9.17) is 15.1 Å². The van der Waals surface area contributed by atoms with Crippen LogP contribution in [0.25, 0.3) is 0 Å². The van der Waals surface area contributed by atoms with Gasteiger partial charge < -0.3 is 4.74 Å². The maximum Gasteiger partial charge on any atom is 0.224 e. The molecule has 0 aromatic heterocycles. The van der Waals surface area contributed by atoms with Crippen LogP contribution < -0.4 is 0 Å². The molecular formula is C22H26N2O. The van der Waals surface area contributed by atoms with Gasteiger partial charge in [0.25, 0.3) is 0 Å². The molecule has 2 atom stereocenters. The SMILES string of the molecule is CCC1(C)c2ccccc2C(OC(=N)c2ccccc2)=N[C@]1(C)CC. The van der Waals surface area contributed by atoms with Crippen LogP contribution in [0.3, 0.4) is 0 Å². The quantitative estimate of drug-likeness (QED) is 0.599. The van der Waals surface area contributed by atoms with Crippen LogP contribution in [0.5, 0.6) is 0 Å². The highest BCUT2D eigenvalue weighted by atomic mass is 16.5. The number of hydrogen-bond acceptors (Lipinski definition) is 3. The highest BCUT2D eigenvalue weighted by molar-refractivity contribution is 6.07. The second-order valence-electron chi connectivity index (χ2n) is 7.07. The van der Waals surface area contributed by atoms with Gasteiger partial charge in [0.2, 0.25) is 11.8 Å². The van der Waals surface area contributed by atoms with Gasteiger partial charge >= 0.3 is 0 Å². The minimum Gasteiger partial charge on any atom is -0.420 e. The monoisotopic (exact) mass is 334 g/mol. The first-order chi connectivity index (χ1) is 11.9. The number of hydrogen-bond donors (Lipinski definition) is 1. The summed E-state index contributed by atoms with van der Waals surface area (Å²) in [4.78, 5) is 5.02. The summed E-state index contributed by atoms with van der Waals surface area (Å²) in [5, 5.41) is 8.33. The van der Waals surface area contributed by atoms with Crippen molar-refractivity contribution >= 4 is 11.8 Å². The van der Waals surface area contributed by atoms with E-state index >= 15 is 0 Å². The van der Waals surface area contributed by atoms with Crippen molar-refractivity contribution in [2.75, 3.05) is 0 Å². The molecule has 1 unspecified atom stereocenters. The first-order valence-electron chi connectivity index (χ1n) is 8.96. The lowest BCUT2D eigenvalue weighted by molar-refractivity contribution is 0.231. The Hall–Kier alpha value is -2.42. The standard InChI is InChI=1S/C22H26N2O/c1-5-21(3)18-15-11-10-14-17(18)20(24-22(21,4)6-2)25-19(23)16-12-8-7-9-13-16/h7-15,23H,5-6H2,1-4H3/t21?,22-/m1/s1. The fraction of sp³-hybridized carbons (Fsp3) is 0.364. The average molecular weight is 334 g/mol. The largest absolute Gasteiger partial charge is 0.420 e. The molecule has 2 aromatic rings. The maximum absolute atomic E-state index is 8.33. The number of benzene rings is 2. The number of aliphatic imine (C=N–C) groups is 1. The highest BCUT2D eigenvalue weighted by Gasteiger charge is 2.48. The van der Waals surface area contributed by atoms with Crippen molar-refractivity contribution in [3.63, 3.8) is 0 Å². The molecule has 2 aromatic carbocycles. The van der Waals surface area contributed by atoms with E-state index in [2.05, 4.69) is 45.9 Å². The van der Waals surface area contributed by atoms with Crippen LogP contribution in [0.15, 0.2) is 59.6 Å². The van der Waals surface area contributed by atoms with Gasteiger partial charge in [0, 0.05) is 16.5 Å². The van der Waals surface area contributed by atoms with Crippen LogP contribution in [0.2, 0.25) is 0 Å². The topological polar surface area (TPSA) is 45.4 Å². The molecule has 1 aliphatic heterocycles. The van der Waals surface area contributed by atoms with E-state index in [1.807, 2.05) is 36.4 Å². The molecule has 25 heavy (non-hydrogen) atoms. The van der Waals surface area contributed by atoms with Gasteiger partial charge in [0.1, 0.15) is 0 Å². The summed E-state index contributed by atoms with van der Waals surface area (Å²) in [6.45, 7) is 8.88. The molecule has 3 heteroatoms. The first kappa shape index (κ1) is 17.4. The molecule has 0 bridgehead atoms. The minimum atomic E-state index is -0.262. The molecule has 3 nitrogen and oxygen atoms in total. The smallest absolute Gasteiger partial charge is 0.224 e. The van der Waals surface area contributed by atoms with Gasteiger partial charge in [-0.3, -0.25) is 5.41 Å². The molecule has 1 aliphatic rings. The minimum absolute atomic E-state index is 0.0554. The third-order valence-corrected chi connectivity index (χ3v) is 5.92. The zero-order valence-corrected chi connectivity index (χ0v) is 15.5. The molecule has 0 radical (unpaired) electrons. The molecule has 1 heterocycles.